The SMILES string of the molecule is CC1Cc2ccccc2N(c2nccc(C(=N)N)c2Cl)C1. The average Bonchev–Trinajstić information content (AvgIpc) is 2.46. The van der Waals surface area contributed by atoms with Gasteiger partial charge in [0.15, 0.2) is 5.82 Å². The van der Waals surface area contributed by atoms with Gasteiger partial charge in [0.1, 0.15) is 5.84 Å². The number of rotatable bonds is 2. The van der Waals surface area contributed by atoms with Crippen LogP contribution < -0.4 is 10.6 Å². The third kappa shape index (κ3) is 2.47. The molecule has 1 atom stereocenters. The number of hydrogen-bond donors (Lipinski definition) is 2. The quantitative estimate of drug-likeness (QED) is 0.660. The zero-order valence-corrected chi connectivity index (χ0v) is 12.6. The molecule has 5 heteroatoms. The standard InChI is InChI=1S/C16H17ClN4/c1-10-8-11-4-2-3-5-13(11)21(9-10)16-14(17)12(15(18)19)6-7-20-16/h2-7,10H,8-9H2,1H3,(H3,18,19). The van der Waals surface area contributed by atoms with Gasteiger partial charge in [0, 0.05) is 24.0 Å². The fourth-order valence-electron chi connectivity index (χ4n) is 2.83. The molecular weight excluding hydrogens is 284 g/mol. The minimum atomic E-state index is -0.0398. The van der Waals surface area contributed by atoms with Crippen LogP contribution >= 0.6 is 11.6 Å². The monoisotopic (exact) mass is 300 g/mol. The highest BCUT2D eigenvalue weighted by Crippen LogP contribution is 2.38. The van der Waals surface area contributed by atoms with Crippen LogP contribution in [0.3, 0.4) is 0 Å². The molecule has 3 rings (SSSR count). The van der Waals surface area contributed by atoms with Crippen molar-refractivity contribution >= 4 is 28.9 Å². The van der Waals surface area contributed by atoms with Crippen molar-refractivity contribution in [3.05, 3.63) is 52.7 Å². The van der Waals surface area contributed by atoms with Crippen molar-refractivity contribution in [1.82, 2.24) is 4.98 Å². The highest BCUT2D eigenvalue weighted by molar-refractivity contribution is 6.36. The van der Waals surface area contributed by atoms with Crippen molar-refractivity contribution in [1.29, 1.82) is 5.41 Å². The highest BCUT2D eigenvalue weighted by atomic mass is 35.5. The van der Waals surface area contributed by atoms with Crippen LogP contribution in [0.25, 0.3) is 0 Å². The minimum Gasteiger partial charge on any atom is -0.384 e. The Hall–Kier alpha value is -2.07. The molecular formula is C16H17ClN4. The fourth-order valence-corrected chi connectivity index (χ4v) is 3.14. The van der Waals surface area contributed by atoms with E-state index in [1.54, 1.807) is 12.3 Å². The van der Waals surface area contributed by atoms with Gasteiger partial charge in [0.05, 0.1) is 5.02 Å². The number of benzene rings is 1. The first-order valence-electron chi connectivity index (χ1n) is 6.92. The summed E-state index contributed by atoms with van der Waals surface area (Å²) < 4.78 is 0. The molecule has 108 valence electrons. The summed E-state index contributed by atoms with van der Waals surface area (Å²) in [7, 11) is 0. The van der Waals surface area contributed by atoms with Crippen LogP contribution in [0, 0.1) is 11.3 Å². The molecule has 1 aromatic carbocycles. The molecule has 0 aliphatic carbocycles. The number of aromatic nitrogens is 1. The number of para-hydroxylation sites is 1. The summed E-state index contributed by atoms with van der Waals surface area (Å²) >= 11 is 6.43. The van der Waals surface area contributed by atoms with Gasteiger partial charge in [-0.15, -0.1) is 0 Å². The van der Waals surface area contributed by atoms with Gasteiger partial charge in [-0.25, -0.2) is 4.98 Å². The maximum absolute atomic E-state index is 7.62. The molecule has 2 aromatic rings. The number of amidine groups is 1. The van der Waals surface area contributed by atoms with E-state index >= 15 is 0 Å². The number of nitrogens with one attached hydrogen (secondary N) is 1. The molecule has 21 heavy (non-hydrogen) atoms. The van der Waals surface area contributed by atoms with Gasteiger partial charge in [0.2, 0.25) is 0 Å². The summed E-state index contributed by atoms with van der Waals surface area (Å²) in [5.41, 5.74) is 8.54. The summed E-state index contributed by atoms with van der Waals surface area (Å²) in [6, 6.07) is 9.97. The van der Waals surface area contributed by atoms with E-state index in [0.717, 1.165) is 18.7 Å². The van der Waals surface area contributed by atoms with Gasteiger partial charge in [-0.2, -0.15) is 0 Å². The van der Waals surface area contributed by atoms with Gasteiger partial charge >= 0.3 is 0 Å². The van der Waals surface area contributed by atoms with Crippen LogP contribution in [0.1, 0.15) is 18.1 Å². The summed E-state index contributed by atoms with van der Waals surface area (Å²) in [5, 5.41) is 8.06. The van der Waals surface area contributed by atoms with Crippen LogP contribution in [0.15, 0.2) is 36.5 Å². The Morgan fingerprint density at radius 3 is 2.90 bits per heavy atom. The molecule has 1 aliphatic heterocycles. The van der Waals surface area contributed by atoms with Crippen molar-refractivity contribution < 1.29 is 0 Å². The number of pyridine rings is 1. The van der Waals surface area contributed by atoms with E-state index < -0.39 is 0 Å². The second-order valence-electron chi connectivity index (χ2n) is 5.46. The molecule has 1 aliphatic rings. The Labute approximate surface area is 129 Å². The summed E-state index contributed by atoms with van der Waals surface area (Å²) in [6.07, 6.45) is 2.70. The Morgan fingerprint density at radius 1 is 1.38 bits per heavy atom. The molecule has 0 saturated carbocycles. The molecule has 0 amide bonds. The van der Waals surface area contributed by atoms with E-state index in [-0.39, 0.29) is 5.84 Å². The van der Waals surface area contributed by atoms with E-state index in [1.165, 1.54) is 5.56 Å². The second-order valence-corrected chi connectivity index (χ2v) is 5.84. The van der Waals surface area contributed by atoms with Crippen LogP contribution in [0.5, 0.6) is 0 Å². The number of nitrogens with two attached hydrogens (primary N) is 1. The van der Waals surface area contributed by atoms with Crippen molar-refractivity contribution in [2.75, 3.05) is 11.4 Å². The normalized spacial score (nSPS) is 17.4. The lowest BCUT2D eigenvalue weighted by molar-refractivity contribution is 0.560. The summed E-state index contributed by atoms with van der Waals surface area (Å²) in [5.74, 6) is 1.14. The lowest BCUT2D eigenvalue weighted by Crippen LogP contribution is -2.31. The highest BCUT2D eigenvalue weighted by Gasteiger charge is 2.25. The van der Waals surface area contributed by atoms with Gasteiger partial charge in [-0.3, -0.25) is 5.41 Å². The van der Waals surface area contributed by atoms with Crippen LogP contribution in [-0.2, 0) is 6.42 Å². The number of nitrogens with zero attached hydrogens (tertiary/aromatic N) is 2. The molecule has 0 fully saturated rings. The molecule has 1 aromatic heterocycles. The second kappa shape index (κ2) is 5.37. The third-order valence-electron chi connectivity index (χ3n) is 3.76. The van der Waals surface area contributed by atoms with E-state index in [9.17, 15) is 0 Å². The molecule has 0 bridgehead atoms. The third-order valence-corrected chi connectivity index (χ3v) is 4.13. The Kier molecular flexibility index (Phi) is 3.55. The first kappa shape index (κ1) is 13.9. The summed E-state index contributed by atoms with van der Waals surface area (Å²) in [6.45, 7) is 3.07. The lowest BCUT2D eigenvalue weighted by atomic mass is 9.94. The molecule has 0 saturated heterocycles. The number of halogens is 1. The van der Waals surface area contributed by atoms with Gasteiger partial charge < -0.3 is 10.6 Å². The van der Waals surface area contributed by atoms with Crippen molar-refractivity contribution in [2.45, 2.75) is 13.3 Å². The zero-order valence-electron chi connectivity index (χ0n) is 11.8. The number of hydrogen-bond acceptors (Lipinski definition) is 3. The molecule has 3 N–H and O–H groups in total. The minimum absolute atomic E-state index is 0.0398. The maximum atomic E-state index is 7.62. The van der Waals surface area contributed by atoms with Gasteiger partial charge in [-0.1, -0.05) is 36.7 Å². The first-order chi connectivity index (χ1) is 10.1. The molecule has 0 radical (unpaired) electrons. The molecule has 4 nitrogen and oxygen atoms in total. The largest absolute Gasteiger partial charge is 0.384 e. The van der Waals surface area contributed by atoms with E-state index in [0.29, 0.717) is 22.3 Å². The Morgan fingerprint density at radius 2 is 2.14 bits per heavy atom. The van der Waals surface area contributed by atoms with Crippen LogP contribution in [0.4, 0.5) is 11.5 Å². The van der Waals surface area contributed by atoms with Crippen LogP contribution in [-0.4, -0.2) is 17.4 Å². The number of nitrogen functional groups attached to an aromatic ring is 1. The Balaban J connectivity index is 2.13. The Bertz CT molecular complexity index is 698. The number of anilines is 2. The van der Waals surface area contributed by atoms with E-state index in [4.69, 9.17) is 22.7 Å². The predicted molar refractivity (Wildman–Crippen MR) is 86.6 cm³/mol. The van der Waals surface area contributed by atoms with Crippen LogP contribution in [0.2, 0.25) is 5.02 Å². The van der Waals surface area contributed by atoms with Gasteiger partial charge in [0.25, 0.3) is 0 Å². The zero-order chi connectivity index (χ0) is 15.0. The topological polar surface area (TPSA) is 66.0 Å². The number of fused-ring (bicyclic) bond motifs is 1. The lowest BCUT2D eigenvalue weighted by Gasteiger charge is -2.34. The van der Waals surface area contributed by atoms with Crippen molar-refractivity contribution in [3.63, 3.8) is 0 Å². The predicted octanol–water partition coefficient (Wildman–Crippen LogP) is 3.35. The first-order valence-corrected chi connectivity index (χ1v) is 7.30. The van der Waals surface area contributed by atoms with Gasteiger partial charge in [-0.05, 0) is 30.0 Å². The smallest absolute Gasteiger partial charge is 0.152 e. The fraction of sp³-hybridized carbons (Fsp3) is 0.250. The molecule has 2 heterocycles. The molecule has 0 spiro atoms. The van der Waals surface area contributed by atoms with Crippen molar-refractivity contribution in [2.24, 2.45) is 11.7 Å². The maximum Gasteiger partial charge on any atom is 0.152 e. The van der Waals surface area contributed by atoms with E-state index in [2.05, 4.69) is 35.0 Å². The molecule has 1 unspecified atom stereocenters. The van der Waals surface area contributed by atoms with Crippen molar-refractivity contribution in [3.8, 4) is 0 Å². The van der Waals surface area contributed by atoms with E-state index in [1.807, 2.05) is 6.07 Å². The summed E-state index contributed by atoms with van der Waals surface area (Å²) in [4.78, 5) is 6.54. The average molecular weight is 301 g/mol.